The Hall–Kier alpha value is 0.324. The summed E-state index contributed by atoms with van der Waals surface area (Å²) in [4.78, 5) is 0. The Morgan fingerprint density at radius 1 is 1.00 bits per heavy atom. The number of benzene rings is 1. The van der Waals surface area contributed by atoms with Crippen molar-refractivity contribution in [2.24, 2.45) is 0 Å². The van der Waals surface area contributed by atoms with Gasteiger partial charge in [0.25, 0.3) is 0 Å². The van der Waals surface area contributed by atoms with Crippen molar-refractivity contribution < 1.29 is 32.7 Å². The quantitative estimate of drug-likeness (QED) is 0.571. The summed E-state index contributed by atoms with van der Waals surface area (Å²) in [6, 6.07) is 9.87. The molecule has 0 bridgehead atoms. The molecule has 0 aliphatic carbocycles. The van der Waals surface area contributed by atoms with Gasteiger partial charge >= 0.3 is 0 Å². The van der Waals surface area contributed by atoms with Gasteiger partial charge in [-0.3, -0.25) is 0 Å². The van der Waals surface area contributed by atoms with Crippen LogP contribution in [0.4, 0.5) is 0 Å². The van der Waals surface area contributed by atoms with Gasteiger partial charge in [-0.1, -0.05) is 30.3 Å². The molecule has 0 heterocycles. The van der Waals surface area contributed by atoms with Gasteiger partial charge in [0.2, 0.25) is 0 Å². The molecule has 0 amide bonds. The third kappa shape index (κ3) is 2.59. The van der Waals surface area contributed by atoms with E-state index in [9.17, 15) is 0 Å². The summed E-state index contributed by atoms with van der Waals surface area (Å²) in [7, 11) is 0. The zero-order chi connectivity index (χ0) is 5.11. The Bertz CT molecular complexity index is 134. The molecule has 0 atom stereocenters. The summed E-state index contributed by atoms with van der Waals surface area (Å²) in [5, 5.41) is 0. The molecule has 0 aliphatic rings. The molecule has 0 nitrogen and oxygen atoms in total. The summed E-state index contributed by atoms with van der Waals surface area (Å²) < 4.78 is 0. The van der Waals surface area contributed by atoms with Gasteiger partial charge in [-0.05, 0) is 12.5 Å². The fourth-order valence-corrected chi connectivity index (χ4v) is 0.478. The maximum Gasteiger partial charge on any atom is 0 e. The van der Waals surface area contributed by atoms with E-state index < -0.39 is 0 Å². The first-order valence-electron chi connectivity index (χ1n) is 2.26. The van der Waals surface area contributed by atoms with Crippen molar-refractivity contribution in [1.82, 2.24) is 0 Å². The molecule has 0 aromatic heterocycles. The molecular formula is C7H7Y. The van der Waals surface area contributed by atoms with Crippen molar-refractivity contribution in [2.75, 3.05) is 0 Å². The van der Waals surface area contributed by atoms with E-state index in [4.69, 9.17) is 0 Å². The predicted molar refractivity (Wildman–Crippen MR) is 30.9 cm³/mol. The Morgan fingerprint density at radius 2 is 1.50 bits per heavy atom. The molecule has 0 aliphatic heterocycles. The van der Waals surface area contributed by atoms with Crippen LogP contribution in [-0.2, 0) is 32.7 Å². The summed E-state index contributed by atoms with van der Waals surface area (Å²) in [5.74, 6) is 0. The first kappa shape index (κ1) is 8.32. The summed E-state index contributed by atoms with van der Waals surface area (Å²) in [6.45, 7) is 3.72. The minimum Gasteiger partial charge on any atom is -0.0622 e. The Kier molecular flexibility index (Phi) is 4.40. The second-order valence-corrected chi connectivity index (χ2v) is 1.49. The largest absolute Gasteiger partial charge is 0.0622 e. The standard InChI is InChI=1S/C7H7.Y/c1-7-5-3-2-4-6-7;/h2-6H,1H2;. The minimum atomic E-state index is 0. The van der Waals surface area contributed by atoms with E-state index in [1.54, 1.807) is 0 Å². The van der Waals surface area contributed by atoms with Crippen LogP contribution in [0.2, 0.25) is 0 Å². The van der Waals surface area contributed by atoms with Crippen LogP contribution in [0.1, 0.15) is 5.56 Å². The molecule has 0 saturated carbocycles. The SMILES string of the molecule is [CH2]c1ccccc1.[Y]. The van der Waals surface area contributed by atoms with Crippen molar-refractivity contribution in [3.8, 4) is 0 Å². The van der Waals surface area contributed by atoms with Crippen LogP contribution in [0.15, 0.2) is 30.3 Å². The first-order valence-corrected chi connectivity index (χ1v) is 2.26. The van der Waals surface area contributed by atoms with Gasteiger partial charge in [0.15, 0.2) is 0 Å². The molecule has 0 saturated heterocycles. The molecule has 2 radical (unpaired) electrons. The zero-order valence-electron chi connectivity index (χ0n) is 4.67. The van der Waals surface area contributed by atoms with Crippen molar-refractivity contribution in [2.45, 2.75) is 0 Å². The number of hydrogen-bond acceptors (Lipinski definition) is 0. The van der Waals surface area contributed by atoms with Gasteiger partial charge in [-0.15, -0.1) is 0 Å². The van der Waals surface area contributed by atoms with Gasteiger partial charge in [0.05, 0.1) is 0 Å². The van der Waals surface area contributed by atoms with Crippen molar-refractivity contribution in [3.63, 3.8) is 0 Å². The molecule has 0 N–H and O–H groups in total. The fraction of sp³-hybridized carbons (Fsp3) is 0. The van der Waals surface area contributed by atoms with Crippen molar-refractivity contribution in [1.29, 1.82) is 0 Å². The zero-order valence-corrected chi connectivity index (χ0v) is 7.51. The average Bonchev–Trinajstić information content (AvgIpc) is 1.69. The second-order valence-electron chi connectivity index (χ2n) is 1.49. The van der Waals surface area contributed by atoms with Gasteiger partial charge < -0.3 is 0 Å². The van der Waals surface area contributed by atoms with E-state index in [0.29, 0.717) is 0 Å². The van der Waals surface area contributed by atoms with Crippen LogP contribution in [0.5, 0.6) is 0 Å². The van der Waals surface area contributed by atoms with Crippen molar-refractivity contribution in [3.05, 3.63) is 42.8 Å². The summed E-state index contributed by atoms with van der Waals surface area (Å²) in [6.07, 6.45) is 0. The van der Waals surface area contributed by atoms with E-state index in [2.05, 4.69) is 6.92 Å². The van der Waals surface area contributed by atoms with Gasteiger partial charge in [-0.25, -0.2) is 0 Å². The third-order valence-corrected chi connectivity index (χ3v) is 0.843. The molecule has 0 fully saturated rings. The normalized spacial score (nSPS) is 7.62. The van der Waals surface area contributed by atoms with E-state index >= 15 is 0 Å². The van der Waals surface area contributed by atoms with Crippen LogP contribution >= 0.6 is 0 Å². The first-order chi connectivity index (χ1) is 3.39. The summed E-state index contributed by atoms with van der Waals surface area (Å²) >= 11 is 0. The maximum absolute atomic E-state index is 3.72. The minimum absolute atomic E-state index is 0. The molecule has 1 rings (SSSR count). The number of rotatable bonds is 0. The number of hydrogen-bond donors (Lipinski definition) is 0. The molecular weight excluding hydrogens is 173 g/mol. The molecule has 1 aromatic rings. The van der Waals surface area contributed by atoms with Crippen LogP contribution in [0.3, 0.4) is 0 Å². The van der Waals surface area contributed by atoms with Gasteiger partial charge in [0.1, 0.15) is 0 Å². The van der Waals surface area contributed by atoms with Crippen LogP contribution < -0.4 is 0 Å². The van der Waals surface area contributed by atoms with E-state index in [1.165, 1.54) is 0 Å². The molecule has 0 spiro atoms. The molecule has 1 aromatic carbocycles. The Labute approximate surface area is 75.2 Å². The van der Waals surface area contributed by atoms with Crippen LogP contribution in [0, 0.1) is 6.92 Å². The molecule has 0 unspecified atom stereocenters. The Morgan fingerprint density at radius 3 is 1.75 bits per heavy atom. The topological polar surface area (TPSA) is 0 Å². The van der Waals surface area contributed by atoms with Crippen LogP contribution in [-0.4, -0.2) is 0 Å². The van der Waals surface area contributed by atoms with Gasteiger partial charge in [-0.2, -0.15) is 0 Å². The van der Waals surface area contributed by atoms with Gasteiger partial charge in [0, 0.05) is 32.7 Å². The Balaban J connectivity index is 0.000000490. The smallest absolute Gasteiger partial charge is 0 e. The summed E-state index contributed by atoms with van der Waals surface area (Å²) in [5.41, 5.74) is 1.07. The van der Waals surface area contributed by atoms with E-state index in [1.807, 2.05) is 30.3 Å². The molecule has 8 heavy (non-hydrogen) atoms. The van der Waals surface area contributed by atoms with E-state index in [0.717, 1.165) is 5.56 Å². The fourth-order valence-electron chi connectivity index (χ4n) is 0.478. The molecule has 1 heteroatoms. The maximum atomic E-state index is 3.72. The van der Waals surface area contributed by atoms with Crippen LogP contribution in [0.25, 0.3) is 0 Å². The third-order valence-electron chi connectivity index (χ3n) is 0.843. The monoisotopic (exact) mass is 180 g/mol. The predicted octanol–water partition coefficient (Wildman–Crippen LogP) is 1.87. The second kappa shape index (κ2) is 4.23. The average molecular weight is 180 g/mol. The van der Waals surface area contributed by atoms with Crippen molar-refractivity contribution >= 4 is 0 Å². The van der Waals surface area contributed by atoms with E-state index in [-0.39, 0.29) is 32.7 Å². The molecule has 38 valence electrons.